The van der Waals surface area contributed by atoms with Crippen molar-refractivity contribution in [3.05, 3.63) is 63.9 Å². The number of aromatic nitrogens is 1. The zero-order chi connectivity index (χ0) is 20.6. The van der Waals surface area contributed by atoms with Gasteiger partial charge in [-0.05, 0) is 38.5 Å². The lowest BCUT2D eigenvalue weighted by molar-refractivity contribution is 0.0127. The summed E-state index contributed by atoms with van der Waals surface area (Å²) in [5.41, 5.74) is -0.251. The molecule has 0 saturated carbocycles. The molecule has 1 aromatic heterocycles. The van der Waals surface area contributed by atoms with Crippen LogP contribution in [0.5, 0.6) is 0 Å². The highest BCUT2D eigenvalue weighted by atomic mass is 35.5. The second kappa shape index (κ2) is 7.85. The number of nitrogens with zero attached hydrogens (tertiary/aromatic N) is 1. The first kappa shape index (κ1) is 21.8. The van der Waals surface area contributed by atoms with Gasteiger partial charge in [0.1, 0.15) is 22.4 Å². The Kier molecular flexibility index (Phi) is 6.33. The van der Waals surface area contributed by atoms with Gasteiger partial charge in [-0.25, -0.2) is 17.7 Å². The first-order chi connectivity index (χ1) is 12.3. The number of halogens is 5. The summed E-state index contributed by atoms with van der Waals surface area (Å²) in [4.78, 5) is 3.72. The fourth-order valence-electron chi connectivity index (χ4n) is 2.19. The molecule has 2 atom stereocenters. The van der Waals surface area contributed by atoms with E-state index in [0.29, 0.717) is 6.92 Å². The lowest BCUT2D eigenvalue weighted by Crippen LogP contribution is -2.36. The Bertz CT molecular complexity index is 848. The maximum atomic E-state index is 14.6. The highest BCUT2D eigenvalue weighted by Gasteiger charge is 2.30. The number of rotatable bonds is 5. The van der Waals surface area contributed by atoms with Crippen LogP contribution in [0.2, 0.25) is 5.02 Å². The van der Waals surface area contributed by atoms with Gasteiger partial charge in [0.15, 0.2) is 0 Å². The van der Waals surface area contributed by atoms with Crippen molar-refractivity contribution in [2.45, 2.75) is 44.4 Å². The van der Waals surface area contributed by atoms with E-state index in [1.54, 1.807) is 20.8 Å². The molecule has 2 aromatic rings. The standard InChI is InChI=1S/C18H19ClF4N2OS/c1-17(2,3)27(26)25-16(11-6-7-12(20)14(19)15(11)21)10-5-8-13(24-9-10)18(4,22)23/h5-9,16,25H,1-4H3. The van der Waals surface area contributed by atoms with E-state index in [-0.39, 0.29) is 11.1 Å². The number of benzene rings is 1. The number of hydrogen-bond donors (Lipinski definition) is 1. The third-order valence-corrected chi connectivity index (χ3v) is 5.64. The molecule has 0 saturated heterocycles. The molecule has 0 aliphatic rings. The Balaban J connectivity index is 2.54. The van der Waals surface area contributed by atoms with Crippen LogP contribution in [0.1, 0.15) is 50.6 Å². The summed E-state index contributed by atoms with van der Waals surface area (Å²) in [5.74, 6) is -5.10. The van der Waals surface area contributed by atoms with Crippen LogP contribution in [0.4, 0.5) is 17.6 Å². The second-order valence-corrected chi connectivity index (χ2v) is 9.44. The van der Waals surface area contributed by atoms with E-state index in [2.05, 4.69) is 9.71 Å². The molecule has 0 spiro atoms. The van der Waals surface area contributed by atoms with Crippen molar-refractivity contribution in [1.82, 2.24) is 9.71 Å². The second-order valence-electron chi connectivity index (χ2n) is 7.06. The quantitative estimate of drug-likeness (QED) is 0.527. The number of hydrogen-bond acceptors (Lipinski definition) is 2. The van der Waals surface area contributed by atoms with Gasteiger partial charge in [-0.15, -0.1) is 0 Å². The number of alkyl halides is 2. The Hall–Kier alpha value is -1.51. The monoisotopic (exact) mass is 422 g/mol. The van der Waals surface area contributed by atoms with Crippen LogP contribution in [-0.2, 0) is 16.9 Å². The van der Waals surface area contributed by atoms with Gasteiger partial charge in [-0.3, -0.25) is 4.98 Å². The first-order valence-electron chi connectivity index (χ1n) is 7.98. The largest absolute Gasteiger partial charge is 0.286 e. The molecule has 0 fully saturated rings. The number of pyridine rings is 1. The molecule has 2 rings (SSSR count). The Morgan fingerprint density at radius 1 is 1.11 bits per heavy atom. The molecule has 0 radical (unpaired) electrons. The summed E-state index contributed by atoms with van der Waals surface area (Å²) in [7, 11) is -1.64. The summed E-state index contributed by atoms with van der Waals surface area (Å²) in [6.45, 7) is 5.83. The predicted molar refractivity (Wildman–Crippen MR) is 98.0 cm³/mol. The average Bonchev–Trinajstić information content (AvgIpc) is 2.56. The zero-order valence-corrected chi connectivity index (χ0v) is 16.7. The summed E-state index contributed by atoms with van der Waals surface area (Å²) in [5, 5.41) is -0.703. The van der Waals surface area contributed by atoms with E-state index in [4.69, 9.17) is 11.6 Å². The number of nitrogens with one attached hydrogen (secondary N) is 1. The van der Waals surface area contributed by atoms with Gasteiger partial charge in [0.2, 0.25) is 0 Å². The molecule has 0 amide bonds. The van der Waals surface area contributed by atoms with E-state index in [9.17, 15) is 21.8 Å². The molecule has 2 unspecified atom stereocenters. The minimum atomic E-state index is -3.14. The maximum Gasteiger partial charge on any atom is 0.286 e. The summed E-state index contributed by atoms with van der Waals surface area (Å²) < 4.78 is 69.5. The maximum absolute atomic E-state index is 14.6. The van der Waals surface area contributed by atoms with Crippen LogP contribution in [0, 0.1) is 11.6 Å². The van der Waals surface area contributed by atoms with Crippen molar-refractivity contribution >= 4 is 22.6 Å². The van der Waals surface area contributed by atoms with E-state index in [1.807, 2.05) is 0 Å². The van der Waals surface area contributed by atoms with Crippen LogP contribution in [0.15, 0.2) is 30.5 Å². The molecule has 148 valence electrons. The molecular weight excluding hydrogens is 404 g/mol. The Morgan fingerprint density at radius 3 is 2.22 bits per heavy atom. The van der Waals surface area contributed by atoms with E-state index in [0.717, 1.165) is 24.4 Å². The van der Waals surface area contributed by atoms with Crippen molar-refractivity contribution in [1.29, 1.82) is 0 Å². The molecule has 1 heterocycles. The minimum Gasteiger partial charge on any atom is -0.255 e. The van der Waals surface area contributed by atoms with Gasteiger partial charge in [0, 0.05) is 18.7 Å². The van der Waals surface area contributed by atoms with Crippen LogP contribution in [0.25, 0.3) is 0 Å². The van der Waals surface area contributed by atoms with Crippen molar-refractivity contribution < 1.29 is 21.8 Å². The van der Waals surface area contributed by atoms with E-state index < -0.39 is 50.0 Å². The molecule has 3 nitrogen and oxygen atoms in total. The highest BCUT2D eigenvalue weighted by Crippen LogP contribution is 2.32. The highest BCUT2D eigenvalue weighted by molar-refractivity contribution is 7.84. The summed E-state index contributed by atoms with van der Waals surface area (Å²) >= 11 is 5.66. The molecule has 9 heteroatoms. The Labute approximate surface area is 162 Å². The van der Waals surface area contributed by atoms with E-state index in [1.165, 1.54) is 6.07 Å². The summed E-state index contributed by atoms with van der Waals surface area (Å²) in [6, 6.07) is 3.55. The van der Waals surface area contributed by atoms with E-state index >= 15 is 0 Å². The van der Waals surface area contributed by atoms with Crippen LogP contribution >= 0.6 is 11.6 Å². The molecule has 27 heavy (non-hydrogen) atoms. The summed E-state index contributed by atoms with van der Waals surface area (Å²) in [6.07, 6.45) is 1.14. The molecule has 1 aromatic carbocycles. The minimum absolute atomic E-state index is 0.0724. The Morgan fingerprint density at radius 2 is 1.74 bits per heavy atom. The smallest absolute Gasteiger partial charge is 0.255 e. The van der Waals surface area contributed by atoms with Crippen molar-refractivity contribution in [3.63, 3.8) is 0 Å². The van der Waals surface area contributed by atoms with Gasteiger partial charge >= 0.3 is 0 Å². The third kappa shape index (κ3) is 5.06. The zero-order valence-electron chi connectivity index (χ0n) is 15.1. The van der Waals surface area contributed by atoms with Crippen molar-refractivity contribution in [2.75, 3.05) is 0 Å². The van der Waals surface area contributed by atoms with Gasteiger partial charge in [-0.2, -0.15) is 8.78 Å². The third-order valence-electron chi connectivity index (χ3n) is 3.73. The normalized spacial score (nSPS) is 14.9. The average molecular weight is 423 g/mol. The fraction of sp³-hybridized carbons (Fsp3) is 0.389. The topological polar surface area (TPSA) is 42.0 Å². The first-order valence-corrected chi connectivity index (χ1v) is 9.51. The predicted octanol–water partition coefficient (Wildman–Crippen LogP) is 5.27. The SMILES string of the molecule is CC(F)(F)c1ccc(C(NS(=O)C(C)(C)C)c2ccc(F)c(Cl)c2F)cn1. The van der Waals surface area contributed by atoms with Crippen molar-refractivity contribution in [3.8, 4) is 0 Å². The molecule has 0 aliphatic carbocycles. The van der Waals surface area contributed by atoms with Crippen LogP contribution in [0.3, 0.4) is 0 Å². The van der Waals surface area contributed by atoms with Gasteiger partial charge in [0.25, 0.3) is 5.92 Å². The van der Waals surface area contributed by atoms with Crippen molar-refractivity contribution in [2.24, 2.45) is 0 Å². The molecule has 0 aliphatic heterocycles. The molecule has 0 bridgehead atoms. The van der Waals surface area contributed by atoms with Crippen LogP contribution < -0.4 is 4.72 Å². The van der Waals surface area contributed by atoms with Gasteiger partial charge < -0.3 is 0 Å². The van der Waals surface area contributed by atoms with Gasteiger partial charge in [-0.1, -0.05) is 23.7 Å². The lowest BCUT2D eigenvalue weighted by Gasteiger charge is -2.25. The molecular formula is C18H19ClF4N2OS. The van der Waals surface area contributed by atoms with Gasteiger partial charge in [0.05, 0.1) is 21.8 Å². The van der Waals surface area contributed by atoms with Crippen LogP contribution in [-0.4, -0.2) is 13.9 Å². The molecule has 1 N–H and O–H groups in total. The lowest BCUT2D eigenvalue weighted by atomic mass is 10.00. The fourth-order valence-corrected chi connectivity index (χ4v) is 3.20.